The maximum absolute atomic E-state index is 13.1. The molecule has 0 bridgehead atoms. The Bertz CT molecular complexity index is 1350. The quantitative estimate of drug-likeness (QED) is 0.135. The molecule has 3 saturated carbocycles. The van der Waals surface area contributed by atoms with Gasteiger partial charge in [-0.1, -0.05) is 57.8 Å². The van der Waals surface area contributed by atoms with Crippen molar-refractivity contribution in [3.05, 3.63) is 35.7 Å². The molecule has 0 aromatic heterocycles. The monoisotopic (exact) mass is 843 g/mol. The van der Waals surface area contributed by atoms with Gasteiger partial charge in [-0.25, -0.2) is 22.8 Å². The maximum atomic E-state index is 13.1. The van der Waals surface area contributed by atoms with Gasteiger partial charge in [0.15, 0.2) is 0 Å². The number of carbonyl (C=O) groups is 4. The molecule has 4 amide bonds. The average Bonchev–Trinajstić information content (AvgIpc) is 3.18. The minimum atomic E-state index is -0.600. The SMILES string of the molecule is CC(=O)N(CC(=CF)CN)C1CCCCC1.CC(=O)N(CC(=CF)CNC(=O)OC(C)(C)C)C1CCCCC1.CC(C)(C)OC(=O)NCC(=CF)CNC1CCCCC1. The van der Waals surface area contributed by atoms with Crippen molar-refractivity contribution in [1.29, 1.82) is 0 Å². The van der Waals surface area contributed by atoms with Crippen LogP contribution in [0.3, 0.4) is 0 Å². The topological polar surface area (TPSA) is 155 Å². The van der Waals surface area contributed by atoms with Crippen LogP contribution < -0.4 is 21.7 Å². The first kappa shape index (κ1) is 53.4. The zero-order valence-electron chi connectivity index (χ0n) is 37.4. The van der Waals surface area contributed by atoms with Crippen molar-refractivity contribution in [3.63, 3.8) is 0 Å². The molecule has 12 nitrogen and oxygen atoms in total. The van der Waals surface area contributed by atoms with Crippen LogP contribution >= 0.6 is 0 Å². The van der Waals surface area contributed by atoms with E-state index in [1.807, 2.05) is 0 Å². The van der Waals surface area contributed by atoms with E-state index in [1.165, 1.54) is 39.0 Å². The summed E-state index contributed by atoms with van der Waals surface area (Å²) in [6.07, 6.45) is 17.4. The first-order valence-corrected chi connectivity index (χ1v) is 21.6. The van der Waals surface area contributed by atoms with Gasteiger partial charge in [0, 0.05) is 71.2 Å². The summed E-state index contributed by atoms with van der Waals surface area (Å²) in [7, 11) is 0. The Balaban J connectivity index is 0.000000450. The number of nitrogens with two attached hydrogens (primary N) is 1. The molecule has 3 aliphatic rings. The molecule has 3 rings (SSSR count). The Morgan fingerprint density at radius 2 is 0.932 bits per heavy atom. The van der Waals surface area contributed by atoms with Gasteiger partial charge in [-0.2, -0.15) is 0 Å². The zero-order chi connectivity index (χ0) is 44.4. The van der Waals surface area contributed by atoms with Crippen molar-refractivity contribution >= 4 is 24.0 Å². The second kappa shape index (κ2) is 28.8. The highest BCUT2D eigenvalue weighted by atomic mass is 19.1. The average molecular weight is 843 g/mol. The van der Waals surface area contributed by atoms with E-state index in [0.717, 1.165) is 64.2 Å². The van der Waals surface area contributed by atoms with Gasteiger partial charge in [-0.05, 0) is 96.8 Å². The van der Waals surface area contributed by atoms with Gasteiger partial charge in [0.05, 0.1) is 19.0 Å². The summed E-state index contributed by atoms with van der Waals surface area (Å²) >= 11 is 0. The maximum Gasteiger partial charge on any atom is 0.407 e. The van der Waals surface area contributed by atoms with Crippen LogP contribution in [0, 0.1) is 0 Å². The standard InChI is InChI=1S/C17H29FN2O3.C15H27FN2O2.C12H21FN2O/c1-13(21)20(15-8-6-5-7-9-15)12-14(10-18)11-19-16(22)23-17(2,3)4;1-15(2,3)20-14(19)18-11-12(9-16)10-17-13-7-5-4-6-8-13;1-10(16)15(9-11(7-13)8-14)12-5-3-2-4-6-12/h10,15H,5-9,11-12H2,1-4H3,(H,19,22);9,13,17H,4-8,10-11H2,1-3H3,(H,18,19);7,12H,2-6,8-9,14H2,1H3. The van der Waals surface area contributed by atoms with Gasteiger partial charge in [0.25, 0.3) is 0 Å². The molecule has 3 aliphatic carbocycles. The lowest BCUT2D eigenvalue weighted by molar-refractivity contribution is -0.132. The molecule has 0 aromatic rings. The molecule has 59 heavy (non-hydrogen) atoms. The molecule has 15 heteroatoms. The van der Waals surface area contributed by atoms with Crippen LogP contribution in [0.15, 0.2) is 35.7 Å². The van der Waals surface area contributed by atoms with Crippen LogP contribution in [-0.4, -0.2) is 102 Å². The summed E-state index contributed by atoms with van der Waals surface area (Å²) in [4.78, 5) is 50.0. The van der Waals surface area contributed by atoms with Gasteiger partial charge in [0.2, 0.25) is 11.8 Å². The largest absolute Gasteiger partial charge is 0.444 e. The summed E-state index contributed by atoms with van der Waals surface area (Å²) in [6.45, 7) is 15.1. The molecule has 3 fully saturated rings. The lowest BCUT2D eigenvalue weighted by Gasteiger charge is -2.34. The highest BCUT2D eigenvalue weighted by molar-refractivity contribution is 5.74. The molecular formula is C44H77F3N6O6. The molecule has 0 heterocycles. The number of nitrogens with zero attached hydrogens (tertiary/aromatic N) is 2. The third kappa shape index (κ3) is 24.9. The molecule has 0 aromatic carbocycles. The Labute approximate surface area is 352 Å². The molecule has 0 saturated heterocycles. The predicted octanol–water partition coefficient (Wildman–Crippen LogP) is 8.81. The summed E-state index contributed by atoms with van der Waals surface area (Å²) < 4.78 is 48.6. The summed E-state index contributed by atoms with van der Waals surface area (Å²) in [5, 5.41) is 8.44. The van der Waals surface area contributed by atoms with Gasteiger partial charge < -0.3 is 41.0 Å². The third-order valence-electron chi connectivity index (χ3n) is 10.3. The van der Waals surface area contributed by atoms with E-state index in [4.69, 9.17) is 15.2 Å². The van der Waals surface area contributed by atoms with E-state index >= 15 is 0 Å². The molecule has 0 atom stereocenters. The van der Waals surface area contributed by atoms with Crippen molar-refractivity contribution in [2.75, 3.05) is 39.3 Å². The second-order valence-corrected chi connectivity index (χ2v) is 17.8. The van der Waals surface area contributed by atoms with Crippen LogP contribution in [0.1, 0.15) is 152 Å². The second-order valence-electron chi connectivity index (χ2n) is 17.8. The first-order valence-electron chi connectivity index (χ1n) is 21.6. The lowest BCUT2D eigenvalue weighted by Crippen LogP contribution is -2.43. The van der Waals surface area contributed by atoms with Crippen molar-refractivity contribution in [2.24, 2.45) is 5.73 Å². The number of amides is 4. The Hall–Kier alpha value is -3.59. The van der Waals surface area contributed by atoms with E-state index in [-0.39, 0.29) is 50.1 Å². The minimum absolute atomic E-state index is 0.0136. The fourth-order valence-corrected chi connectivity index (χ4v) is 7.21. The van der Waals surface area contributed by atoms with Crippen LogP contribution in [-0.2, 0) is 19.1 Å². The number of hydrogen-bond donors (Lipinski definition) is 4. The number of alkyl carbamates (subject to hydrolysis) is 2. The molecule has 0 radical (unpaired) electrons. The van der Waals surface area contributed by atoms with E-state index < -0.39 is 23.4 Å². The number of ether oxygens (including phenoxy) is 2. The fraction of sp³-hybridized carbons (Fsp3) is 0.773. The van der Waals surface area contributed by atoms with E-state index in [1.54, 1.807) is 58.3 Å². The Morgan fingerprint density at radius 1 is 0.576 bits per heavy atom. The molecule has 340 valence electrons. The van der Waals surface area contributed by atoms with Crippen molar-refractivity contribution in [1.82, 2.24) is 25.8 Å². The highest BCUT2D eigenvalue weighted by Crippen LogP contribution is 2.25. The van der Waals surface area contributed by atoms with Crippen molar-refractivity contribution < 1.29 is 41.8 Å². The zero-order valence-corrected chi connectivity index (χ0v) is 37.4. The lowest BCUT2D eigenvalue weighted by atomic mass is 9.94. The molecular weight excluding hydrogens is 766 g/mol. The Morgan fingerprint density at radius 3 is 1.27 bits per heavy atom. The van der Waals surface area contributed by atoms with E-state index in [2.05, 4.69) is 16.0 Å². The van der Waals surface area contributed by atoms with Gasteiger partial charge in [0.1, 0.15) is 11.2 Å². The fourth-order valence-electron chi connectivity index (χ4n) is 7.21. The Kier molecular flexibility index (Phi) is 26.1. The van der Waals surface area contributed by atoms with Crippen LogP contribution in [0.4, 0.5) is 22.8 Å². The van der Waals surface area contributed by atoms with Gasteiger partial charge >= 0.3 is 12.2 Å². The number of rotatable bonds is 14. The number of carbonyl (C=O) groups excluding carboxylic acids is 4. The van der Waals surface area contributed by atoms with Crippen molar-refractivity contribution in [3.8, 4) is 0 Å². The molecule has 5 N–H and O–H groups in total. The van der Waals surface area contributed by atoms with Crippen LogP contribution in [0.2, 0.25) is 0 Å². The van der Waals surface area contributed by atoms with Gasteiger partial charge in [-0.15, -0.1) is 0 Å². The summed E-state index contributed by atoms with van der Waals surface area (Å²) in [5.74, 6) is -0.0479. The highest BCUT2D eigenvalue weighted by Gasteiger charge is 2.26. The van der Waals surface area contributed by atoms with Crippen LogP contribution in [0.25, 0.3) is 0 Å². The normalized spacial score (nSPS) is 17.7. The number of nitrogens with one attached hydrogen (secondary N) is 3. The number of hydrogen-bond acceptors (Lipinski definition) is 8. The summed E-state index contributed by atoms with van der Waals surface area (Å²) in [6, 6.07) is 0.908. The first-order chi connectivity index (χ1) is 27.8. The van der Waals surface area contributed by atoms with E-state index in [0.29, 0.717) is 54.8 Å². The summed E-state index contributed by atoms with van der Waals surface area (Å²) in [5.41, 5.74) is 5.65. The minimum Gasteiger partial charge on any atom is -0.444 e. The van der Waals surface area contributed by atoms with Gasteiger partial charge in [-0.3, -0.25) is 9.59 Å². The van der Waals surface area contributed by atoms with Crippen LogP contribution in [0.5, 0.6) is 0 Å². The molecule has 0 unspecified atom stereocenters. The number of halogens is 3. The molecule has 0 spiro atoms. The molecule has 0 aliphatic heterocycles. The van der Waals surface area contributed by atoms with Crippen molar-refractivity contribution in [2.45, 2.75) is 181 Å². The van der Waals surface area contributed by atoms with E-state index in [9.17, 15) is 32.3 Å². The predicted molar refractivity (Wildman–Crippen MR) is 228 cm³/mol. The third-order valence-corrected chi connectivity index (χ3v) is 10.3. The smallest absolute Gasteiger partial charge is 0.407 e.